The first-order chi connectivity index (χ1) is 16.4. The minimum absolute atomic E-state index is 0.0366. The normalized spacial score (nSPS) is 11.2. The molecule has 2 heterocycles. The van der Waals surface area contributed by atoms with Gasteiger partial charge in [0.2, 0.25) is 0 Å². The summed E-state index contributed by atoms with van der Waals surface area (Å²) in [6.07, 6.45) is 0. The highest BCUT2D eigenvalue weighted by Gasteiger charge is 2.19. The maximum Gasteiger partial charge on any atom is 0.283 e. The molecule has 0 spiro atoms. The van der Waals surface area contributed by atoms with Crippen LogP contribution in [0.3, 0.4) is 0 Å². The van der Waals surface area contributed by atoms with Gasteiger partial charge in [0.25, 0.3) is 11.2 Å². The number of thioether (sulfide) groups is 1. The van der Waals surface area contributed by atoms with Crippen molar-refractivity contribution in [1.29, 1.82) is 0 Å². The summed E-state index contributed by atoms with van der Waals surface area (Å²) in [6.45, 7) is 0. The molecular weight excluding hydrogens is 476 g/mol. The summed E-state index contributed by atoms with van der Waals surface area (Å²) >= 11 is 7.03. The van der Waals surface area contributed by atoms with Crippen LogP contribution in [0.25, 0.3) is 27.6 Å². The predicted molar refractivity (Wildman–Crippen MR) is 132 cm³/mol. The molecule has 0 unspecified atom stereocenters. The molecule has 0 saturated heterocycles. The molecule has 0 fully saturated rings. The van der Waals surface area contributed by atoms with Crippen LogP contribution in [0.15, 0.2) is 82.7 Å². The molecule has 0 bridgehead atoms. The van der Waals surface area contributed by atoms with E-state index in [1.54, 1.807) is 24.3 Å². The van der Waals surface area contributed by atoms with Gasteiger partial charge in [-0.05, 0) is 42.5 Å². The fourth-order valence-electron chi connectivity index (χ4n) is 3.64. The molecule has 168 valence electrons. The lowest BCUT2D eigenvalue weighted by atomic mass is 10.1. The standard InChI is InChI=1S/C24H15ClN4O4S/c25-15-7-5-14(6-8-15)20(30)13-34-24-27-21-18-3-1-2-4-19(18)26-22(21)23(31)28(24)16-9-11-17(12-10-16)29(32)33/h1-12,26H,13H2. The minimum Gasteiger partial charge on any atom is -0.349 e. The molecule has 0 aliphatic rings. The number of fused-ring (bicyclic) bond motifs is 3. The third-order valence-corrected chi connectivity index (χ3v) is 6.50. The number of aromatic nitrogens is 3. The number of nitrogens with zero attached hydrogens (tertiary/aromatic N) is 3. The van der Waals surface area contributed by atoms with Gasteiger partial charge in [-0.1, -0.05) is 41.6 Å². The number of para-hydroxylation sites is 1. The summed E-state index contributed by atoms with van der Waals surface area (Å²) in [5, 5.41) is 12.7. The van der Waals surface area contributed by atoms with E-state index in [-0.39, 0.29) is 22.8 Å². The van der Waals surface area contributed by atoms with Gasteiger partial charge in [-0.15, -0.1) is 0 Å². The molecule has 0 atom stereocenters. The number of carbonyl (C=O) groups excluding carboxylic acids is 1. The van der Waals surface area contributed by atoms with E-state index in [0.717, 1.165) is 22.7 Å². The Bertz CT molecular complexity index is 1630. The number of Topliss-reactive ketones (excluding diaryl/α,β-unsaturated/α-hetero) is 1. The first kappa shape index (κ1) is 21.9. The van der Waals surface area contributed by atoms with Gasteiger partial charge < -0.3 is 4.98 Å². The molecular formula is C24H15ClN4O4S. The van der Waals surface area contributed by atoms with Gasteiger partial charge in [0.05, 0.1) is 16.4 Å². The van der Waals surface area contributed by atoms with Crippen molar-refractivity contribution >= 4 is 56.8 Å². The summed E-state index contributed by atoms with van der Waals surface area (Å²) in [4.78, 5) is 44.7. The van der Waals surface area contributed by atoms with E-state index >= 15 is 0 Å². The number of non-ortho nitro benzene ring substituents is 1. The number of halogens is 1. The van der Waals surface area contributed by atoms with Crippen LogP contribution in [0.4, 0.5) is 5.69 Å². The summed E-state index contributed by atoms with van der Waals surface area (Å²) in [5.74, 6) is -0.111. The Kier molecular flexibility index (Phi) is 5.64. The molecule has 8 nitrogen and oxygen atoms in total. The van der Waals surface area contributed by atoms with E-state index in [4.69, 9.17) is 16.6 Å². The van der Waals surface area contributed by atoms with E-state index < -0.39 is 4.92 Å². The quantitative estimate of drug-likeness (QED) is 0.112. The highest BCUT2D eigenvalue weighted by molar-refractivity contribution is 7.99. The monoisotopic (exact) mass is 490 g/mol. The van der Waals surface area contributed by atoms with Crippen molar-refractivity contribution in [3.8, 4) is 5.69 Å². The lowest BCUT2D eigenvalue weighted by Crippen LogP contribution is -2.22. The average Bonchev–Trinajstić information content (AvgIpc) is 3.22. The summed E-state index contributed by atoms with van der Waals surface area (Å²) < 4.78 is 1.36. The van der Waals surface area contributed by atoms with Crippen molar-refractivity contribution in [2.24, 2.45) is 0 Å². The number of nitrogens with one attached hydrogen (secondary N) is 1. The summed E-state index contributed by atoms with van der Waals surface area (Å²) in [5.41, 5.74) is 2.02. The Morgan fingerprint density at radius 3 is 2.47 bits per heavy atom. The topological polar surface area (TPSA) is 111 Å². The van der Waals surface area contributed by atoms with E-state index in [9.17, 15) is 19.7 Å². The van der Waals surface area contributed by atoms with E-state index in [1.165, 1.54) is 28.8 Å². The zero-order valence-electron chi connectivity index (χ0n) is 17.4. The number of benzene rings is 3. The van der Waals surface area contributed by atoms with Gasteiger partial charge in [0, 0.05) is 33.6 Å². The minimum atomic E-state index is -0.508. The molecule has 0 radical (unpaired) electrons. The zero-order valence-corrected chi connectivity index (χ0v) is 19.0. The molecule has 1 N–H and O–H groups in total. The van der Waals surface area contributed by atoms with E-state index in [0.29, 0.717) is 32.5 Å². The number of ketones is 1. The number of rotatable bonds is 6. The fourth-order valence-corrected chi connectivity index (χ4v) is 4.67. The van der Waals surface area contributed by atoms with Gasteiger partial charge in [0.1, 0.15) is 11.0 Å². The first-order valence-electron chi connectivity index (χ1n) is 10.1. The molecule has 5 aromatic rings. The predicted octanol–water partition coefficient (Wildman–Crippen LogP) is 5.40. The van der Waals surface area contributed by atoms with Gasteiger partial charge in [-0.3, -0.25) is 24.3 Å². The van der Waals surface area contributed by atoms with Gasteiger partial charge in [0.15, 0.2) is 10.9 Å². The molecule has 2 aromatic heterocycles. The third-order valence-electron chi connectivity index (χ3n) is 5.31. The van der Waals surface area contributed by atoms with Crippen LogP contribution in [-0.2, 0) is 0 Å². The van der Waals surface area contributed by atoms with Gasteiger partial charge in [-0.2, -0.15) is 0 Å². The number of hydrogen-bond acceptors (Lipinski definition) is 6. The molecule has 10 heteroatoms. The van der Waals surface area contributed by atoms with Crippen molar-refractivity contribution in [1.82, 2.24) is 14.5 Å². The SMILES string of the molecule is O=C(CSc1nc2c([nH]c3ccccc32)c(=O)n1-c1ccc([N+](=O)[O-])cc1)c1ccc(Cl)cc1. The van der Waals surface area contributed by atoms with Crippen LogP contribution in [-0.4, -0.2) is 31.0 Å². The largest absolute Gasteiger partial charge is 0.349 e. The van der Waals surface area contributed by atoms with Gasteiger partial charge in [-0.25, -0.2) is 4.98 Å². The van der Waals surface area contributed by atoms with Gasteiger partial charge >= 0.3 is 0 Å². The van der Waals surface area contributed by atoms with Crippen molar-refractivity contribution in [3.05, 3.63) is 104 Å². The molecule has 5 rings (SSSR count). The number of aromatic amines is 1. The summed E-state index contributed by atoms with van der Waals surface area (Å²) in [7, 11) is 0. The van der Waals surface area contributed by atoms with Crippen LogP contribution in [0.5, 0.6) is 0 Å². The molecule has 0 aliphatic carbocycles. The Morgan fingerprint density at radius 2 is 1.76 bits per heavy atom. The first-order valence-corrected chi connectivity index (χ1v) is 11.5. The van der Waals surface area contributed by atoms with Crippen LogP contribution in [0.1, 0.15) is 10.4 Å². The van der Waals surface area contributed by atoms with Crippen molar-refractivity contribution in [2.45, 2.75) is 5.16 Å². The second kappa shape index (κ2) is 8.77. The Hall–Kier alpha value is -3.95. The second-order valence-electron chi connectivity index (χ2n) is 7.42. The molecule has 34 heavy (non-hydrogen) atoms. The van der Waals surface area contributed by atoms with Crippen LogP contribution < -0.4 is 5.56 Å². The zero-order chi connectivity index (χ0) is 23.8. The Labute approximate surface area is 201 Å². The summed E-state index contributed by atoms with van der Waals surface area (Å²) in [6, 6.07) is 19.6. The maximum absolute atomic E-state index is 13.5. The third kappa shape index (κ3) is 3.95. The lowest BCUT2D eigenvalue weighted by molar-refractivity contribution is -0.384. The highest BCUT2D eigenvalue weighted by Crippen LogP contribution is 2.27. The molecule has 0 saturated carbocycles. The van der Waals surface area contributed by atoms with Crippen LogP contribution >= 0.6 is 23.4 Å². The number of H-pyrrole nitrogens is 1. The number of nitro groups is 1. The Balaban J connectivity index is 1.63. The van der Waals surface area contributed by atoms with Crippen LogP contribution in [0, 0.1) is 10.1 Å². The van der Waals surface area contributed by atoms with Crippen molar-refractivity contribution in [3.63, 3.8) is 0 Å². The molecule has 0 amide bonds. The second-order valence-corrected chi connectivity index (χ2v) is 8.80. The Morgan fingerprint density at radius 1 is 1.06 bits per heavy atom. The van der Waals surface area contributed by atoms with E-state index in [1.807, 2.05) is 24.3 Å². The molecule has 0 aliphatic heterocycles. The van der Waals surface area contributed by atoms with Crippen molar-refractivity contribution in [2.75, 3.05) is 5.75 Å². The highest BCUT2D eigenvalue weighted by atomic mass is 35.5. The number of nitro benzene ring substituents is 1. The van der Waals surface area contributed by atoms with Crippen molar-refractivity contribution < 1.29 is 9.72 Å². The fraction of sp³-hybridized carbons (Fsp3) is 0.0417. The number of carbonyl (C=O) groups is 1. The maximum atomic E-state index is 13.5. The van der Waals surface area contributed by atoms with Crippen LogP contribution in [0.2, 0.25) is 5.02 Å². The number of hydrogen-bond donors (Lipinski definition) is 1. The molecule has 3 aromatic carbocycles. The average molecular weight is 491 g/mol. The lowest BCUT2D eigenvalue weighted by Gasteiger charge is -2.12. The van der Waals surface area contributed by atoms with E-state index in [2.05, 4.69) is 4.98 Å². The smallest absolute Gasteiger partial charge is 0.283 e.